The molecule has 0 saturated carbocycles. The summed E-state index contributed by atoms with van der Waals surface area (Å²) < 4.78 is 0. The van der Waals surface area contributed by atoms with Gasteiger partial charge in [-0.1, -0.05) is 18.1 Å². The minimum atomic E-state index is -0.806. The van der Waals surface area contributed by atoms with E-state index in [0.717, 1.165) is 0 Å². The van der Waals surface area contributed by atoms with Crippen LogP contribution in [0.25, 0.3) is 0 Å². The van der Waals surface area contributed by atoms with E-state index in [0.29, 0.717) is 48.3 Å². The number of carboxylic acid groups (broad SMARTS) is 1. The number of amidine groups is 1. The van der Waals surface area contributed by atoms with Crippen molar-refractivity contribution in [2.75, 3.05) is 23.7 Å². The van der Waals surface area contributed by atoms with E-state index in [-0.39, 0.29) is 28.8 Å². The Morgan fingerprint density at radius 2 is 1.53 bits per heavy atom. The fourth-order valence-electron chi connectivity index (χ4n) is 4.18. The van der Waals surface area contributed by atoms with Gasteiger partial charge in [-0.15, -0.1) is 6.42 Å². The molecule has 0 radical (unpaired) electrons. The molecular weight excluding hydrogens is 484 g/mol. The van der Waals surface area contributed by atoms with E-state index in [1.165, 1.54) is 18.2 Å². The highest BCUT2D eigenvalue weighted by molar-refractivity contribution is 6.13. The topological polar surface area (TPSA) is 143 Å². The third-order valence-corrected chi connectivity index (χ3v) is 6.39. The fraction of sp³-hybridized carbons (Fsp3) is 0.172. The van der Waals surface area contributed by atoms with Crippen molar-refractivity contribution in [3.63, 3.8) is 0 Å². The minimum Gasteiger partial charge on any atom is -0.508 e. The van der Waals surface area contributed by atoms with Crippen molar-refractivity contribution >= 4 is 35.0 Å². The van der Waals surface area contributed by atoms with Gasteiger partial charge in [0.1, 0.15) is 11.6 Å². The van der Waals surface area contributed by atoms with Gasteiger partial charge in [0, 0.05) is 35.5 Å². The molecule has 2 amide bonds. The molecule has 0 aliphatic carbocycles. The van der Waals surface area contributed by atoms with Crippen LogP contribution < -0.4 is 10.6 Å². The van der Waals surface area contributed by atoms with Gasteiger partial charge in [0.25, 0.3) is 11.8 Å². The molecule has 0 bridgehead atoms. The second kappa shape index (κ2) is 11.3. The Bertz CT molecular complexity index is 1420. The summed E-state index contributed by atoms with van der Waals surface area (Å²) in [4.78, 5) is 38.8. The molecule has 38 heavy (non-hydrogen) atoms. The number of carbonyl (C=O) groups excluding carboxylic acids is 2. The number of nitrogens with one attached hydrogen (secondary N) is 3. The first-order valence-electron chi connectivity index (χ1n) is 11.9. The van der Waals surface area contributed by atoms with Crippen LogP contribution in [0.4, 0.5) is 11.4 Å². The van der Waals surface area contributed by atoms with Crippen LogP contribution in [0, 0.1) is 23.7 Å². The molecule has 0 spiro atoms. The Morgan fingerprint density at radius 1 is 0.895 bits per heavy atom. The first kappa shape index (κ1) is 26.0. The smallest absolute Gasteiger partial charge is 0.306 e. The lowest BCUT2D eigenvalue weighted by molar-refractivity contribution is -0.143. The number of benzene rings is 3. The summed E-state index contributed by atoms with van der Waals surface area (Å²) in [5, 5.41) is 33.0. The first-order valence-corrected chi connectivity index (χ1v) is 11.9. The van der Waals surface area contributed by atoms with Crippen LogP contribution in [-0.4, -0.2) is 51.8 Å². The number of likely N-dealkylation sites (tertiary alicyclic amines) is 1. The maximum absolute atomic E-state index is 12.9. The third-order valence-electron chi connectivity index (χ3n) is 6.39. The molecule has 3 aromatic carbocycles. The van der Waals surface area contributed by atoms with Crippen LogP contribution in [0.3, 0.4) is 0 Å². The van der Waals surface area contributed by atoms with Crippen molar-refractivity contribution in [2.45, 2.75) is 12.8 Å². The zero-order valence-corrected chi connectivity index (χ0v) is 20.4. The molecule has 5 N–H and O–H groups in total. The number of carbonyl (C=O) groups is 3. The van der Waals surface area contributed by atoms with Gasteiger partial charge >= 0.3 is 5.97 Å². The van der Waals surface area contributed by atoms with Gasteiger partial charge in [0.15, 0.2) is 0 Å². The molecule has 3 aromatic rings. The third kappa shape index (κ3) is 5.99. The summed E-state index contributed by atoms with van der Waals surface area (Å²) >= 11 is 0. The molecule has 4 rings (SSSR count). The van der Waals surface area contributed by atoms with Crippen LogP contribution in [-0.2, 0) is 4.79 Å². The quantitative estimate of drug-likeness (QED) is 0.147. The number of nitrogens with zero attached hydrogens (tertiary/aromatic N) is 1. The summed E-state index contributed by atoms with van der Waals surface area (Å²) in [7, 11) is 0. The number of phenols is 1. The maximum atomic E-state index is 12.9. The highest BCUT2D eigenvalue weighted by atomic mass is 16.4. The molecule has 1 saturated heterocycles. The zero-order chi connectivity index (χ0) is 27.2. The molecule has 9 heteroatoms. The predicted octanol–water partition coefficient (Wildman–Crippen LogP) is 4.00. The van der Waals surface area contributed by atoms with Gasteiger partial charge in [0.2, 0.25) is 0 Å². The Hall–Kier alpha value is -5.10. The van der Waals surface area contributed by atoms with E-state index in [9.17, 15) is 19.5 Å². The van der Waals surface area contributed by atoms with Gasteiger partial charge in [-0.05, 0) is 67.4 Å². The Morgan fingerprint density at radius 3 is 2.13 bits per heavy atom. The van der Waals surface area contributed by atoms with E-state index < -0.39 is 17.8 Å². The van der Waals surface area contributed by atoms with E-state index in [1.807, 2.05) is 4.90 Å². The second-order valence-electron chi connectivity index (χ2n) is 8.89. The van der Waals surface area contributed by atoms with Crippen molar-refractivity contribution in [3.05, 3.63) is 89.0 Å². The number of anilines is 2. The van der Waals surface area contributed by atoms with Crippen LogP contribution in [0.15, 0.2) is 66.7 Å². The molecule has 9 nitrogen and oxygen atoms in total. The Labute approximate surface area is 219 Å². The molecule has 1 aliphatic rings. The number of rotatable bonds is 6. The number of terminal acetylenes is 1. The molecule has 1 aliphatic heterocycles. The number of aliphatic carboxylic acids is 1. The number of phenolic OH excluding ortho intramolecular Hbond substituents is 1. The standard InChI is InChI=1S/C29H26N4O5/c1-2-18-3-9-22(10-4-18)31-28(36)24-17-23(34)11-12-25(24)32-27(35)20-7-5-19(6-8-20)26(30)33-15-13-21(14-16-33)29(37)38/h1,3-12,17,21,30,34H,13-16H2,(H,31,36)(H,32,35)(H,37,38). The number of amides is 2. The second-order valence-corrected chi connectivity index (χ2v) is 8.89. The van der Waals surface area contributed by atoms with Crippen LogP contribution in [0.1, 0.15) is 44.7 Å². The molecule has 192 valence electrons. The van der Waals surface area contributed by atoms with Crippen LogP contribution in [0.2, 0.25) is 0 Å². The predicted molar refractivity (Wildman–Crippen MR) is 144 cm³/mol. The molecule has 0 aromatic heterocycles. The molecule has 1 fully saturated rings. The summed E-state index contributed by atoms with van der Waals surface area (Å²) in [6.07, 6.45) is 6.32. The Kier molecular flexibility index (Phi) is 7.73. The van der Waals surface area contributed by atoms with E-state index in [2.05, 4.69) is 16.6 Å². The van der Waals surface area contributed by atoms with Crippen molar-refractivity contribution in [2.24, 2.45) is 5.92 Å². The fourth-order valence-corrected chi connectivity index (χ4v) is 4.18. The normalized spacial score (nSPS) is 13.3. The number of piperidine rings is 1. The summed E-state index contributed by atoms with van der Waals surface area (Å²) in [5.41, 5.74) is 2.37. The number of hydrogen-bond donors (Lipinski definition) is 5. The van der Waals surface area contributed by atoms with Crippen LogP contribution >= 0.6 is 0 Å². The number of aromatic hydroxyl groups is 1. The minimum absolute atomic E-state index is 0.0718. The highest BCUT2D eigenvalue weighted by Gasteiger charge is 2.26. The largest absolute Gasteiger partial charge is 0.508 e. The SMILES string of the molecule is C#Cc1ccc(NC(=O)c2cc(O)ccc2NC(=O)c2ccc(C(=N)N3CCC(C(=O)O)CC3)cc2)cc1. The van der Waals surface area contributed by atoms with Crippen LogP contribution in [0.5, 0.6) is 5.75 Å². The zero-order valence-electron chi connectivity index (χ0n) is 20.4. The average Bonchev–Trinajstić information content (AvgIpc) is 2.94. The van der Waals surface area contributed by atoms with Gasteiger partial charge in [0.05, 0.1) is 17.2 Å². The summed E-state index contributed by atoms with van der Waals surface area (Å²) in [5.74, 6) is 0.450. The van der Waals surface area contributed by atoms with Crippen molar-refractivity contribution in [1.29, 1.82) is 5.41 Å². The van der Waals surface area contributed by atoms with Crippen molar-refractivity contribution in [3.8, 4) is 18.1 Å². The lowest BCUT2D eigenvalue weighted by Crippen LogP contribution is -2.40. The average molecular weight is 511 g/mol. The summed E-state index contributed by atoms with van der Waals surface area (Å²) in [6.45, 7) is 0.968. The lowest BCUT2D eigenvalue weighted by atomic mass is 9.96. The van der Waals surface area contributed by atoms with Gasteiger partial charge < -0.3 is 25.7 Å². The van der Waals surface area contributed by atoms with E-state index >= 15 is 0 Å². The molecule has 0 unspecified atom stereocenters. The number of hydrogen-bond acceptors (Lipinski definition) is 5. The van der Waals surface area contributed by atoms with Crippen molar-refractivity contribution in [1.82, 2.24) is 4.90 Å². The van der Waals surface area contributed by atoms with Gasteiger partial charge in [-0.25, -0.2) is 0 Å². The maximum Gasteiger partial charge on any atom is 0.306 e. The first-order chi connectivity index (χ1) is 18.2. The summed E-state index contributed by atoms with van der Waals surface area (Å²) in [6, 6.07) is 17.2. The Balaban J connectivity index is 1.43. The van der Waals surface area contributed by atoms with E-state index in [1.54, 1.807) is 48.5 Å². The van der Waals surface area contributed by atoms with Crippen molar-refractivity contribution < 1.29 is 24.6 Å². The van der Waals surface area contributed by atoms with Gasteiger partial charge in [-0.3, -0.25) is 19.8 Å². The lowest BCUT2D eigenvalue weighted by Gasteiger charge is -2.32. The highest BCUT2D eigenvalue weighted by Crippen LogP contribution is 2.24. The van der Waals surface area contributed by atoms with Gasteiger partial charge in [-0.2, -0.15) is 0 Å². The molecular formula is C29H26N4O5. The molecule has 1 heterocycles. The van der Waals surface area contributed by atoms with E-state index in [4.69, 9.17) is 16.9 Å². The number of carboxylic acids is 1. The monoisotopic (exact) mass is 510 g/mol. The molecule has 0 atom stereocenters.